The minimum absolute atomic E-state index is 0.195. The fourth-order valence-corrected chi connectivity index (χ4v) is 3.62. The van der Waals surface area contributed by atoms with Gasteiger partial charge >= 0.3 is 0 Å². The Kier molecular flexibility index (Phi) is 4.92. The molecule has 0 spiro atoms. The van der Waals surface area contributed by atoms with Crippen LogP contribution >= 0.6 is 12.2 Å². The molecule has 0 aromatic heterocycles. The second-order valence-electron chi connectivity index (χ2n) is 6.36. The van der Waals surface area contributed by atoms with E-state index in [9.17, 15) is 4.79 Å². The predicted molar refractivity (Wildman–Crippen MR) is 111 cm³/mol. The zero-order valence-electron chi connectivity index (χ0n) is 15.7. The lowest BCUT2D eigenvalue weighted by molar-refractivity contribution is -0.113. The van der Waals surface area contributed by atoms with Crippen molar-refractivity contribution in [3.05, 3.63) is 53.2 Å². The van der Waals surface area contributed by atoms with Crippen LogP contribution in [0.2, 0.25) is 0 Å². The number of carbonyl (C=O) groups excluding carboxylic acids is 1. The summed E-state index contributed by atoms with van der Waals surface area (Å²) in [7, 11) is 1.57. The summed E-state index contributed by atoms with van der Waals surface area (Å²) in [4.78, 5) is 14.6. The van der Waals surface area contributed by atoms with Gasteiger partial charge in [0.15, 0.2) is 16.6 Å². The zero-order chi connectivity index (χ0) is 19.7. The molecule has 1 amide bonds. The molecular weight excluding hydrogens is 376 g/mol. The Hall–Kier alpha value is -3.06. The summed E-state index contributed by atoms with van der Waals surface area (Å²) in [6.07, 6.45) is 2.55. The molecule has 2 aromatic carbocycles. The summed E-state index contributed by atoms with van der Waals surface area (Å²) in [5.41, 5.74) is 3.01. The Labute approximate surface area is 168 Å². The number of hydrogen-bond donors (Lipinski definition) is 1. The third kappa shape index (κ3) is 3.18. The van der Waals surface area contributed by atoms with Crippen molar-refractivity contribution >= 4 is 35.0 Å². The number of rotatable bonds is 4. The van der Waals surface area contributed by atoms with E-state index in [0.29, 0.717) is 41.3 Å². The molecule has 6 nitrogen and oxygen atoms in total. The molecule has 1 fully saturated rings. The lowest BCUT2D eigenvalue weighted by atomic mass is 10.1. The third-order valence-electron chi connectivity index (χ3n) is 4.65. The largest absolute Gasteiger partial charge is 0.493 e. The van der Waals surface area contributed by atoms with Crippen molar-refractivity contribution in [2.24, 2.45) is 0 Å². The summed E-state index contributed by atoms with van der Waals surface area (Å²) in [5, 5.41) is 3.39. The average Bonchev–Trinajstić information content (AvgIpc) is 3.00. The number of nitrogens with zero attached hydrogens (tertiary/aromatic N) is 1. The zero-order valence-corrected chi connectivity index (χ0v) is 16.5. The Morgan fingerprint density at radius 3 is 2.82 bits per heavy atom. The number of methoxy groups -OCH3 is 1. The van der Waals surface area contributed by atoms with Crippen LogP contribution in [-0.4, -0.2) is 31.3 Å². The summed E-state index contributed by atoms with van der Waals surface area (Å²) in [6, 6.07) is 11.4. The molecule has 2 heterocycles. The average molecular weight is 396 g/mol. The highest BCUT2D eigenvalue weighted by Crippen LogP contribution is 2.41. The number of nitrogens with one attached hydrogen (secondary N) is 1. The van der Waals surface area contributed by atoms with Crippen molar-refractivity contribution in [1.82, 2.24) is 5.32 Å². The number of thiocarbonyl (C=S) groups is 1. The maximum absolute atomic E-state index is 13.1. The number of anilines is 1. The number of carbonyl (C=O) groups is 1. The Morgan fingerprint density at radius 1 is 1.25 bits per heavy atom. The van der Waals surface area contributed by atoms with Gasteiger partial charge in [-0.25, -0.2) is 0 Å². The van der Waals surface area contributed by atoms with Gasteiger partial charge in [-0.05, 0) is 54.0 Å². The number of fused-ring (bicyclic) bond motifs is 1. The number of aryl methyl sites for hydroxylation is 1. The molecule has 2 aromatic rings. The highest BCUT2D eigenvalue weighted by Gasteiger charge is 2.33. The van der Waals surface area contributed by atoms with Crippen LogP contribution in [0.4, 0.5) is 5.69 Å². The van der Waals surface area contributed by atoms with Crippen LogP contribution in [0.25, 0.3) is 6.08 Å². The number of benzene rings is 2. The SMILES string of the molecule is CCc1ccccc1N1C(=O)C(=Cc2cc(OC)c3c(c2)OCCO3)NC1=S. The quantitative estimate of drug-likeness (QED) is 0.632. The summed E-state index contributed by atoms with van der Waals surface area (Å²) >= 11 is 5.43. The van der Waals surface area contributed by atoms with E-state index in [1.54, 1.807) is 19.3 Å². The fraction of sp³-hybridized carbons (Fsp3) is 0.238. The molecule has 0 saturated carbocycles. The Morgan fingerprint density at radius 2 is 2.04 bits per heavy atom. The van der Waals surface area contributed by atoms with E-state index in [2.05, 4.69) is 5.32 Å². The van der Waals surface area contributed by atoms with E-state index in [1.165, 1.54) is 4.90 Å². The van der Waals surface area contributed by atoms with Crippen LogP contribution in [0, 0.1) is 0 Å². The van der Waals surface area contributed by atoms with E-state index in [0.717, 1.165) is 23.2 Å². The molecule has 0 aliphatic carbocycles. The second-order valence-corrected chi connectivity index (χ2v) is 6.75. The van der Waals surface area contributed by atoms with Gasteiger partial charge in [0.05, 0.1) is 12.8 Å². The van der Waals surface area contributed by atoms with Crippen LogP contribution in [0.15, 0.2) is 42.1 Å². The summed E-state index contributed by atoms with van der Waals surface area (Å²) in [5.74, 6) is 1.54. The molecule has 0 unspecified atom stereocenters. The van der Waals surface area contributed by atoms with Gasteiger partial charge in [-0.1, -0.05) is 25.1 Å². The van der Waals surface area contributed by atoms with Gasteiger partial charge in [0.25, 0.3) is 5.91 Å². The lowest BCUT2D eigenvalue weighted by Gasteiger charge is -2.21. The van der Waals surface area contributed by atoms with E-state index in [-0.39, 0.29) is 5.91 Å². The normalized spacial score (nSPS) is 17.1. The summed E-state index contributed by atoms with van der Waals surface area (Å²) < 4.78 is 16.7. The second kappa shape index (κ2) is 7.52. The molecule has 4 rings (SSSR count). The molecule has 144 valence electrons. The van der Waals surface area contributed by atoms with E-state index in [1.807, 2.05) is 37.3 Å². The van der Waals surface area contributed by atoms with Crippen LogP contribution < -0.4 is 24.4 Å². The van der Waals surface area contributed by atoms with Crippen molar-refractivity contribution < 1.29 is 19.0 Å². The predicted octanol–water partition coefficient (Wildman–Crippen LogP) is 3.29. The molecule has 1 saturated heterocycles. The standard InChI is InChI=1S/C21H20N2O4S/c1-3-14-6-4-5-7-16(14)23-20(24)15(22-21(23)28)10-13-11-17(25-2)19-18(12-13)26-8-9-27-19/h4-7,10-12H,3,8-9H2,1-2H3,(H,22,28). The molecular formula is C21H20N2O4S. The van der Waals surface area contributed by atoms with Gasteiger partial charge < -0.3 is 19.5 Å². The number of para-hydroxylation sites is 1. The van der Waals surface area contributed by atoms with Crippen molar-refractivity contribution in [3.8, 4) is 17.2 Å². The maximum Gasteiger partial charge on any atom is 0.281 e. The van der Waals surface area contributed by atoms with Crippen molar-refractivity contribution in [2.75, 3.05) is 25.2 Å². The minimum atomic E-state index is -0.195. The Bertz CT molecular complexity index is 969. The van der Waals surface area contributed by atoms with Crippen LogP contribution in [-0.2, 0) is 11.2 Å². The number of amides is 1. The topological polar surface area (TPSA) is 60.0 Å². The minimum Gasteiger partial charge on any atom is -0.493 e. The molecule has 0 radical (unpaired) electrons. The lowest BCUT2D eigenvalue weighted by Crippen LogP contribution is -2.31. The molecule has 28 heavy (non-hydrogen) atoms. The highest BCUT2D eigenvalue weighted by atomic mass is 32.1. The van der Waals surface area contributed by atoms with Crippen LogP contribution in [0.1, 0.15) is 18.1 Å². The van der Waals surface area contributed by atoms with E-state index >= 15 is 0 Å². The number of hydrogen-bond acceptors (Lipinski definition) is 5. The van der Waals surface area contributed by atoms with Gasteiger partial charge in [-0.2, -0.15) is 0 Å². The van der Waals surface area contributed by atoms with Crippen molar-refractivity contribution in [3.63, 3.8) is 0 Å². The van der Waals surface area contributed by atoms with Crippen LogP contribution in [0.3, 0.4) is 0 Å². The maximum atomic E-state index is 13.1. The first-order chi connectivity index (χ1) is 13.6. The van der Waals surface area contributed by atoms with Crippen molar-refractivity contribution in [2.45, 2.75) is 13.3 Å². The van der Waals surface area contributed by atoms with E-state index in [4.69, 9.17) is 26.4 Å². The third-order valence-corrected chi connectivity index (χ3v) is 4.94. The number of ether oxygens (including phenoxy) is 3. The first-order valence-corrected chi connectivity index (χ1v) is 9.46. The molecule has 7 heteroatoms. The molecule has 1 N–H and O–H groups in total. The smallest absolute Gasteiger partial charge is 0.281 e. The Balaban J connectivity index is 1.70. The first kappa shape index (κ1) is 18.3. The van der Waals surface area contributed by atoms with Crippen LogP contribution in [0.5, 0.6) is 17.2 Å². The van der Waals surface area contributed by atoms with E-state index < -0.39 is 0 Å². The fourth-order valence-electron chi connectivity index (χ4n) is 3.33. The summed E-state index contributed by atoms with van der Waals surface area (Å²) in [6.45, 7) is 3.00. The van der Waals surface area contributed by atoms with Gasteiger partial charge in [0, 0.05) is 0 Å². The molecule has 0 bridgehead atoms. The first-order valence-electron chi connectivity index (χ1n) is 9.05. The highest BCUT2D eigenvalue weighted by molar-refractivity contribution is 7.80. The van der Waals surface area contributed by atoms with Gasteiger partial charge in [0.2, 0.25) is 5.75 Å². The van der Waals surface area contributed by atoms with Gasteiger partial charge in [-0.3, -0.25) is 9.69 Å². The molecule has 0 atom stereocenters. The van der Waals surface area contributed by atoms with Crippen molar-refractivity contribution in [1.29, 1.82) is 0 Å². The van der Waals surface area contributed by atoms with Gasteiger partial charge in [-0.15, -0.1) is 0 Å². The molecule has 2 aliphatic rings. The van der Waals surface area contributed by atoms with Gasteiger partial charge in [0.1, 0.15) is 18.9 Å². The molecule has 2 aliphatic heterocycles. The monoisotopic (exact) mass is 396 g/mol.